The molecular formula is C20H19N5O. The fourth-order valence-corrected chi connectivity index (χ4v) is 3.31. The summed E-state index contributed by atoms with van der Waals surface area (Å²) < 4.78 is 0. The molecule has 4 heterocycles. The molecule has 6 nitrogen and oxygen atoms in total. The molecule has 1 aliphatic heterocycles. The van der Waals surface area contributed by atoms with Crippen molar-refractivity contribution >= 4 is 5.91 Å². The first-order valence-electron chi connectivity index (χ1n) is 8.77. The predicted octanol–water partition coefficient (Wildman–Crippen LogP) is 3.30. The molecule has 0 saturated carbocycles. The van der Waals surface area contributed by atoms with Crippen LogP contribution < -0.4 is 0 Å². The lowest BCUT2D eigenvalue weighted by Gasteiger charge is -2.35. The average molecular weight is 345 g/mol. The van der Waals surface area contributed by atoms with E-state index in [4.69, 9.17) is 0 Å². The van der Waals surface area contributed by atoms with Gasteiger partial charge in [-0.05, 0) is 43.5 Å². The number of rotatable bonds is 3. The molecule has 4 rings (SSSR count). The van der Waals surface area contributed by atoms with Crippen LogP contribution in [0, 0.1) is 0 Å². The van der Waals surface area contributed by atoms with Crippen molar-refractivity contribution in [3.63, 3.8) is 0 Å². The van der Waals surface area contributed by atoms with E-state index in [1.807, 2.05) is 35.2 Å². The molecule has 0 spiro atoms. The van der Waals surface area contributed by atoms with Crippen LogP contribution in [0.25, 0.3) is 11.4 Å². The number of carbonyl (C=O) groups excluding carboxylic acids is 1. The smallest absolute Gasteiger partial charge is 0.257 e. The second kappa shape index (κ2) is 7.39. The Labute approximate surface area is 152 Å². The molecule has 0 unspecified atom stereocenters. The number of hydrogen-bond acceptors (Lipinski definition) is 5. The molecule has 6 heteroatoms. The van der Waals surface area contributed by atoms with Gasteiger partial charge in [0.05, 0.1) is 17.3 Å². The molecule has 0 bridgehead atoms. The molecule has 3 aromatic heterocycles. The molecule has 1 saturated heterocycles. The lowest BCUT2D eigenvalue weighted by molar-refractivity contribution is 0.0605. The lowest BCUT2D eigenvalue weighted by atomic mass is 9.98. The molecule has 1 amide bonds. The van der Waals surface area contributed by atoms with Gasteiger partial charge in [0.15, 0.2) is 5.82 Å². The van der Waals surface area contributed by atoms with Gasteiger partial charge in [0.1, 0.15) is 0 Å². The topological polar surface area (TPSA) is 71.9 Å². The standard InChI is InChI=1S/C20H19N5O/c26-20(16-13-23-19(24-14-16)15-7-10-21-11-8-15)25-12-4-2-6-18(25)17-5-1-3-9-22-17/h1,3,5,7-11,13-14,18H,2,4,6,12H2/t18-/m1/s1. The highest BCUT2D eigenvalue weighted by Crippen LogP contribution is 2.30. The molecule has 130 valence electrons. The summed E-state index contributed by atoms with van der Waals surface area (Å²) in [6, 6.07) is 9.55. The third-order valence-corrected chi connectivity index (χ3v) is 4.63. The monoisotopic (exact) mass is 345 g/mol. The van der Waals surface area contributed by atoms with E-state index in [0.29, 0.717) is 11.4 Å². The Morgan fingerprint density at radius 2 is 1.77 bits per heavy atom. The number of pyridine rings is 2. The van der Waals surface area contributed by atoms with Crippen molar-refractivity contribution in [2.45, 2.75) is 25.3 Å². The van der Waals surface area contributed by atoms with Crippen LogP contribution in [0.4, 0.5) is 0 Å². The first-order valence-corrected chi connectivity index (χ1v) is 8.77. The van der Waals surface area contributed by atoms with Crippen molar-refractivity contribution in [2.75, 3.05) is 6.54 Å². The SMILES string of the molecule is O=C(c1cnc(-c2ccncc2)nc1)N1CCCC[C@@H]1c1ccccn1. The second-order valence-corrected chi connectivity index (χ2v) is 6.30. The summed E-state index contributed by atoms with van der Waals surface area (Å²) in [5, 5.41) is 0. The summed E-state index contributed by atoms with van der Waals surface area (Å²) in [6.07, 6.45) is 11.4. The van der Waals surface area contributed by atoms with Crippen LogP contribution in [-0.4, -0.2) is 37.3 Å². The van der Waals surface area contributed by atoms with E-state index in [0.717, 1.165) is 37.1 Å². The van der Waals surface area contributed by atoms with Crippen LogP contribution in [-0.2, 0) is 0 Å². The summed E-state index contributed by atoms with van der Waals surface area (Å²) in [4.78, 5) is 32.1. The van der Waals surface area contributed by atoms with Gasteiger partial charge in [0.25, 0.3) is 5.91 Å². The van der Waals surface area contributed by atoms with Gasteiger partial charge in [-0.2, -0.15) is 0 Å². The maximum atomic E-state index is 13.0. The van der Waals surface area contributed by atoms with Gasteiger partial charge in [-0.3, -0.25) is 14.8 Å². The summed E-state index contributed by atoms with van der Waals surface area (Å²) in [5.74, 6) is 0.547. The van der Waals surface area contributed by atoms with E-state index >= 15 is 0 Å². The van der Waals surface area contributed by atoms with E-state index in [1.54, 1.807) is 31.0 Å². The maximum absolute atomic E-state index is 13.0. The normalized spacial score (nSPS) is 17.1. The summed E-state index contributed by atoms with van der Waals surface area (Å²) in [6.45, 7) is 0.728. The third kappa shape index (κ3) is 3.31. The second-order valence-electron chi connectivity index (χ2n) is 6.30. The van der Waals surface area contributed by atoms with Crippen LogP contribution in [0.2, 0.25) is 0 Å². The van der Waals surface area contributed by atoms with E-state index in [2.05, 4.69) is 19.9 Å². The minimum Gasteiger partial charge on any atom is -0.330 e. The van der Waals surface area contributed by atoms with Crippen molar-refractivity contribution in [1.82, 2.24) is 24.8 Å². The minimum atomic E-state index is -0.0402. The number of amides is 1. The number of aromatic nitrogens is 4. The zero-order valence-corrected chi connectivity index (χ0v) is 14.3. The Kier molecular flexibility index (Phi) is 4.64. The van der Waals surface area contributed by atoms with Crippen molar-refractivity contribution < 1.29 is 4.79 Å². The highest BCUT2D eigenvalue weighted by Gasteiger charge is 2.29. The van der Waals surface area contributed by atoms with E-state index in [-0.39, 0.29) is 11.9 Å². The average Bonchev–Trinajstić information content (AvgIpc) is 2.75. The first kappa shape index (κ1) is 16.3. The van der Waals surface area contributed by atoms with E-state index in [9.17, 15) is 4.79 Å². The Hall–Kier alpha value is -3.15. The molecule has 3 aromatic rings. The van der Waals surface area contributed by atoms with Crippen LogP contribution in [0.1, 0.15) is 41.4 Å². The van der Waals surface area contributed by atoms with Crippen molar-refractivity contribution in [1.29, 1.82) is 0 Å². The fourth-order valence-electron chi connectivity index (χ4n) is 3.31. The molecule has 0 aliphatic carbocycles. The van der Waals surface area contributed by atoms with Crippen molar-refractivity contribution in [3.8, 4) is 11.4 Å². The Bertz CT molecular complexity index is 868. The molecular weight excluding hydrogens is 326 g/mol. The molecule has 1 aliphatic rings. The summed E-state index contributed by atoms with van der Waals surface area (Å²) >= 11 is 0. The number of nitrogens with zero attached hydrogens (tertiary/aromatic N) is 5. The summed E-state index contributed by atoms with van der Waals surface area (Å²) in [5.41, 5.74) is 2.32. The lowest BCUT2D eigenvalue weighted by Crippen LogP contribution is -2.39. The zero-order chi connectivity index (χ0) is 17.8. The van der Waals surface area contributed by atoms with Gasteiger partial charge in [-0.25, -0.2) is 9.97 Å². The van der Waals surface area contributed by atoms with Gasteiger partial charge in [0, 0.05) is 43.1 Å². The van der Waals surface area contributed by atoms with E-state index in [1.165, 1.54) is 0 Å². The molecule has 0 aromatic carbocycles. The van der Waals surface area contributed by atoms with Crippen LogP contribution in [0.5, 0.6) is 0 Å². The Morgan fingerprint density at radius 3 is 2.50 bits per heavy atom. The molecule has 0 radical (unpaired) electrons. The molecule has 0 N–H and O–H groups in total. The van der Waals surface area contributed by atoms with Crippen LogP contribution >= 0.6 is 0 Å². The maximum Gasteiger partial charge on any atom is 0.257 e. The van der Waals surface area contributed by atoms with Crippen LogP contribution in [0.3, 0.4) is 0 Å². The number of piperidine rings is 1. The predicted molar refractivity (Wildman–Crippen MR) is 97.1 cm³/mol. The van der Waals surface area contributed by atoms with Crippen LogP contribution in [0.15, 0.2) is 61.3 Å². The van der Waals surface area contributed by atoms with E-state index < -0.39 is 0 Å². The van der Waals surface area contributed by atoms with Gasteiger partial charge < -0.3 is 4.90 Å². The first-order chi connectivity index (χ1) is 12.8. The van der Waals surface area contributed by atoms with Gasteiger partial charge in [-0.15, -0.1) is 0 Å². The van der Waals surface area contributed by atoms with Gasteiger partial charge in [0.2, 0.25) is 0 Å². The number of likely N-dealkylation sites (tertiary alicyclic amines) is 1. The largest absolute Gasteiger partial charge is 0.330 e. The summed E-state index contributed by atoms with van der Waals surface area (Å²) in [7, 11) is 0. The Balaban J connectivity index is 1.58. The highest BCUT2D eigenvalue weighted by molar-refractivity contribution is 5.94. The molecule has 1 atom stereocenters. The number of carbonyl (C=O) groups is 1. The number of hydrogen-bond donors (Lipinski definition) is 0. The fraction of sp³-hybridized carbons (Fsp3) is 0.250. The zero-order valence-electron chi connectivity index (χ0n) is 14.3. The third-order valence-electron chi connectivity index (χ3n) is 4.63. The minimum absolute atomic E-state index is 0.0114. The molecule has 26 heavy (non-hydrogen) atoms. The van der Waals surface area contributed by atoms with Crippen molar-refractivity contribution in [2.24, 2.45) is 0 Å². The highest BCUT2D eigenvalue weighted by atomic mass is 16.2. The molecule has 1 fully saturated rings. The Morgan fingerprint density at radius 1 is 0.962 bits per heavy atom. The van der Waals surface area contributed by atoms with Crippen molar-refractivity contribution in [3.05, 3.63) is 72.6 Å². The quantitative estimate of drug-likeness (QED) is 0.728. The van der Waals surface area contributed by atoms with Gasteiger partial charge in [-0.1, -0.05) is 6.07 Å². The van der Waals surface area contributed by atoms with Gasteiger partial charge >= 0.3 is 0 Å².